The molecule has 1 aliphatic carbocycles. The van der Waals surface area contributed by atoms with Crippen LogP contribution in [0.2, 0.25) is 5.02 Å². The third-order valence-electron chi connectivity index (χ3n) is 6.74. The van der Waals surface area contributed by atoms with Crippen LogP contribution in [0, 0.1) is 5.82 Å². The summed E-state index contributed by atoms with van der Waals surface area (Å²) in [5, 5.41) is 13.8. The lowest BCUT2D eigenvalue weighted by Gasteiger charge is -2.32. The molecule has 4 heterocycles. The van der Waals surface area contributed by atoms with Crippen LogP contribution in [0.5, 0.6) is 0 Å². The van der Waals surface area contributed by atoms with Crippen molar-refractivity contribution in [3.05, 3.63) is 35.0 Å². The standard InChI is InChI=1S/C23H23ClF3N5O3/c1-9(2)32-16-4-10(3-14(25)18(16)30-20(32)12-6-23(12,26)27)17-13(24)7-28-22(31-17)29-15-5-11-8-34-21(35-11)19(15)33/h3-4,7,9,11-12,15,19,21,33H,5-6,8H2,1-2H3,(H,28,29,31)/t11-,12+,15+,19-,21+/m0/s1. The molecule has 2 saturated heterocycles. The van der Waals surface area contributed by atoms with Crippen LogP contribution in [0.1, 0.15) is 44.5 Å². The van der Waals surface area contributed by atoms with Crippen molar-refractivity contribution in [2.45, 2.75) is 69.1 Å². The van der Waals surface area contributed by atoms with Gasteiger partial charge in [-0.1, -0.05) is 11.6 Å². The molecule has 12 heteroatoms. The van der Waals surface area contributed by atoms with Gasteiger partial charge in [0.1, 0.15) is 17.4 Å². The van der Waals surface area contributed by atoms with Crippen molar-refractivity contribution in [2.24, 2.45) is 0 Å². The maximum absolute atomic E-state index is 15.2. The number of benzene rings is 1. The van der Waals surface area contributed by atoms with Crippen LogP contribution in [0.25, 0.3) is 22.3 Å². The second-order valence-electron chi connectivity index (χ2n) is 9.60. The van der Waals surface area contributed by atoms with Crippen molar-refractivity contribution >= 4 is 28.6 Å². The molecule has 1 aromatic carbocycles. The molecule has 3 fully saturated rings. The molecule has 5 atom stereocenters. The number of imidazole rings is 1. The van der Waals surface area contributed by atoms with Gasteiger partial charge in [-0.25, -0.2) is 28.1 Å². The number of ether oxygens (including phenoxy) is 2. The Morgan fingerprint density at radius 1 is 1.29 bits per heavy atom. The number of aliphatic hydroxyl groups is 1. The number of hydrogen-bond acceptors (Lipinski definition) is 7. The molecule has 6 rings (SSSR count). The molecule has 0 radical (unpaired) electrons. The van der Waals surface area contributed by atoms with Crippen molar-refractivity contribution < 1.29 is 27.8 Å². The highest BCUT2D eigenvalue weighted by Gasteiger charge is 2.60. The van der Waals surface area contributed by atoms with Crippen LogP contribution < -0.4 is 5.32 Å². The molecule has 3 aliphatic rings. The average Bonchev–Trinajstić information content (AvgIpc) is 3.13. The van der Waals surface area contributed by atoms with Crippen LogP contribution >= 0.6 is 11.6 Å². The summed E-state index contributed by atoms with van der Waals surface area (Å²) in [7, 11) is 0. The van der Waals surface area contributed by atoms with Gasteiger partial charge in [0, 0.05) is 18.0 Å². The minimum Gasteiger partial charge on any atom is -0.386 e. The van der Waals surface area contributed by atoms with Crippen molar-refractivity contribution in [1.82, 2.24) is 19.5 Å². The Bertz CT molecular complexity index is 1320. The summed E-state index contributed by atoms with van der Waals surface area (Å²) < 4.78 is 55.5. The van der Waals surface area contributed by atoms with Crippen molar-refractivity contribution in [3.8, 4) is 11.3 Å². The number of hydrogen-bond donors (Lipinski definition) is 2. The molecule has 0 spiro atoms. The van der Waals surface area contributed by atoms with E-state index in [1.165, 1.54) is 12.3 Å². The van der Waals surface area contributed by atoms with Gasteiger partial charge in [-0.05, 0) is 32.4 Å². The Balaban J connectivity index is 1.38. The van der Waals surface area contributed by atoms with Crippen LogP contribution in [-0.2, 0) is 9.47 Å². The normalized spacial score (nSPS) is 29.2. The largest absolute Gasteiger partial charge is 0.386 e. The third-order valence-corrected chi connectivity index (χ3v) is 7.02. The zero-order valence-electron chi connectivity index (χ0n) is 18.9. The second-order valence-corrected chi connectivity index (χ2v) is 10.0. The van der Waals surface area contributed by atoms with Gasteiger partial charge in [0.15, 0.2) is 12.1 Å². The third kappa shape index (κ3) is 3.85. The van der Waals surface area contributed by atoms with E-state index in [2.05, 4.69) is 20.3 Å². The lowest BCUT2D eigenvalue weighted by molar-refractivity contribution is -0.156. The SMILES string of the molecule is CC(C)n1c([C@H]2CC2(F)F)nc2c(F)cc(-c3nc(N[C@@H]4C[C@H]5CO[C@H](O5)[C@H]4O)ncc3Cl)cc21. The molecule has 2 aliphatic heterocycles. The summed E-state index contributed by atoms with van der Waals surface area (Å²) in [6, 6.07) is 2.28. The van der Waals surface area contributed by atoms with Gasteiger partial charge in [-0.15, -0.1) is 0 Å². The van der Waals surface area contributed by atoms with Crippen LogP contribution in [0.3, 0.4) is 0 Å². The lowest BCUT2D eigenvalue weighted by Crippen LogP contribution is -2.48. The fourth-order valence-electron chi connectivity index (χ4n) is 4.92. The highest BCUT2D eigenvalue weighted by molar-refractivity contribution is 6.33. The van der Waals surface area contributed by atoms with Gasteiger partial charge in [0.2, 0.25) is 5.95 Å². The Kier molecular flexibility index (Phi) is 5.26. The van der Waals surface area contributed by atoms with Crippen LogP contribution in [-0.4, -0.2) is 61.7 Å². The summed E-state index contributed by atoms with van der Waals surface area (Å²) in [6.45, 7) is 4.08. The van der Waals surface area contributed by atoms with E-state index in [-0.39, 0.29) is 46.6 Å². The maximum atomic E-state index is 15.2. The number of fused-ring (bicyclic) bond motifs is 3. The molecule has 186 valence electrons. The molecule has 3 aromatic rings. The van der Waals surface area contributed by atoms with Gasteiger partial charge in [0.25, 0.3) is 5.92 Å². The summed E-state index contributed by atoms with van der Waals surface area (Å²) in [5.74, 6) is -4.13. The second kappa shape index (κ2) is 8.02. The van der Waals surface area contributed by atoms with Gasteiger partial charge in [0.05, 0.1) is 47.1 Å². The van der Waals surface area contributed by atoms with Gasteiger partial charge in [-0.3, -0.25) is 0 Å². The van der Waals surface area contributed by atoms with Crippen molar-refractivity contribution in [1.29, 1.82) is 0 Å². The van der Waals surface area contributed by atoms with Gasteiger partial charge < -0.3 is 24.5 Å². The number of anilines is 1. The van der Waals surface area contributed by atoms with E-state index in [1.54, 1.807) is 10.6 Å². The number of alkyl halides is 2. The van der Waals surface area contributed by atoms with Gasteiger partial charge >= 0.3 is 0 Å². The fraction of sp³-hybridized carbons (Fsp3) is 0.522. The molecule has 1 saturated carbocycles. The van der Waals surface area contributed by atoms with Crippen molar-refractivity contribution in [2.75, 3.05) is 11.9 Å². The topological polar surface area (TPSA) is 94.3 Å². The molecule has 8 nitrogen and oxygen atoms in total. The predicted molar refractivity (Wildman–Crippen MR) is 121 cm³/mol. The molecular weight excluding hydrogens is 487 g/mol. The quantitative estimate of drug-likeness (QED) is 0.530. The molecule has 2 bridgehead atoms. The Labute approximate surface area is 203 Å². The summed E-state index contributed by atoms with van der Waals surface area (Å²) >= 11 is 6.38. The smallest absolute Gasteiger partial charge is 0.259 e. The van der Waals surface area contributed by atoms with E-state index in [0.29, 0.717) is 24.1 Å². The van der Waals surface area contributed by atoms with E-state index in [9.17, 15) is 13.9 Å². The summed E-state index contributed by atoms with van der Waals surface area (Å²) in [6.07, 6.45) is -0.158. The lowest BCUT2D eigenvalue weighted by atomic mass is 10.0. The number of nitrogens with zero attached hydrogens (tertiary/aromatic N) is 4. The summed E-state index contributed by atoms with van der Waals surface area (Å²) in [4.78, 5) is 12.9. The Morgan fingerprint density at radius 3 is 2.77 bits per heavy atom. The monoisotopic (exact) mass is 509 g/mol. The first-order valence-corrected chi connectivity index (χ1v) is 11.8. The van der Waals surface area contributed by atoms with Gasteiger partial charge in [-0.2, -0.15) is 0 Å². The number of halogens is 4. The Morgan fingerprint density at radius 2 is 2.06 bits per heavy atom. The van der Waals surface area contributed by atoms with E-state index >= 15 is 4.39 Å². The van der Waals surface area contributed by atoms with E-state index < -0.39 is 36.1 Å². The highest BCUT2D eigenvalue weighted by atomic mass is 35.5. The number of rotatable bonds is 5. The van der Waals surface area contributed by atoms with E-state index in [1.807, 2.05) is 13.8 Å². The number of nitrogens with one attached hydrogen (secondary N) is 1. The molecule has 35 heavy (non-hydrogen) atoms. The summed E-state index contributed by atoms with van der Waals surface area (Å²) in [5.41, 5.74) is 1.05. The highest BCUT2D eigenvalue weighted by Crippen LogP contribution is 2.56. The van der Waals surface area contributed by atoms with Crippen LogP contribution in [0.15, 0.2) is 18.3 Å². The first kappa shape index (κ1) is 23.0. The molecule has 2 aromatic heterocycles. The fourth-order valence-corrected chi connectivity index (χ4v) is 5.12. The maximum Gasteiger partial charge on any atom is 0.259 e. The number of aliphatic hydroxyl groups excluding tert-OH is 1. The first-order valence-electron chi connectivity index (χ1n) is 11.5. The molecule has 2 N–H and O–H groups in total. The van der Waals surface area contributed by atoms with E-state index in [0.717, 1.165) is 0 Å². The van der Waals surface area contributed by atoms with Crippen molar-refractivity contribution in [3.63, 3.8) is 0 Å². The molecular formula is C23H23ClF3N5O3. The predicted octanol–water partition coefficient (Wildman–Crippen LogP) is 4.28. The average molecular weight is 510 g/mol. The molecule has 0 unspecified atom stereocenters. The minimum absolute atomic E-state index is 0.0319. The molecule has 0 amide bonds. The zero-order valence-corrected chi connectivity index (χ0v) is 19.6. The zero-order chi connectivity index (χ0) is 24.6. The van der Waals surface area contributed by atoms with E-state index in [4.69, 9.17) is 21.1 Å². The number of aromatic nitrogens is 4. The van der Waals surface area contributed by atoms with Crippen LogP contribution in [0.4, 0.5) is 19.1 Å². The minimum atomic E-state index is -2.83. The first-order chi connectivity index (χ1) is 16.6. The Hall–Kier alpha value is -2.47.